The van der Waals surface area contributed by atoms with Gasteiger partial charge in [0.05, 0.1) is 111 Å². The third-order valence-electron chi connectivity index (χ3n) is 27.5. The summed E-state index contributed by atoms with van der Waals surface area (Å²) in [5.41, 5.74) is 33.8. The van der Waals surface area contributed by atoms with Gasteiger partial charge >= 0.3 is 0 Å². The van der Waals surface area contributed by atoms with E-state index in [-0.39, 0.29) is 0 Å². The van der Waals surface area contributed by atoms with Crippen LogP contribution in [0.25, 0.3) is 255 Å². The van der Waals surface area contributed by atoms with Crippen LogP contribution in [0.3, 0.4) is 0 Å². The zero-order valence-corrected chi connectivity index (χ0v) is 75.7. The Morgan fingerprint density at radius 2 is 0.350 bits per heavy atom. The van der Waals surface area contributed by atoms with Crippen LogP contribution in [0, 0.1) is 0 Å². The molecule has 0 saturated carbocycles. The number of rotatable bonds is 12. The smallest absolute Gasteiger partial charge is 0.165 e. The van der Waals surface area contributed by atoms with Crippen LogP contribution in [0.4, 0.5) is 0 Å². The predicted octanol–water partition coefficient (Wildman–Crippen LogP) is 32.3. The first-order valence-corrected chi connectivity index (χ1v) is 47.4. The van der Waals surface area contributed by atoms with E-state index in [0.717, 1.165) is 135 Å². The minimum absolute atomic E-state index is 0.702. The van der Waals surface area contributed by atoms with Crippen molar-refractivity contribution in [3.05, 3.63) is 497 Å². The molecule has 9 heterocycles. The van der Waals surface area contributed by atoms with Gasteiger partial charge in [-0.25, -0.2) is 29.9 Å². The highest BCUT2D eigenvalue weighted by molar-refractivity contribution is 6.23. The largest absolute Gasteiger partial charge is 0.309 e. The summed E-state index contributed by atoms with van der Waals surface area (Å²) in [7, 11) is 0. The minimum atomic E-state index is 0.702. The fraction of sp³-hybridized carbons (Fsp3) is 0. The van der Waals surface area contributed by atoms with Crippen LogP contribution in [0.5, 0.6) is 0 Å². The van der Waals surface area contributed by atoms with E-state index in [1.807, 2.05) is 97.1 Å². The van der Waals surface area contributed by atoms with Crippen molar-refractivity contribution in [1.29, 1.82) is 0 Å². The Hall–Kier alpha value is -19.0. The highest BCUT2D eigenvalue weighted by Crippen LogP contribution is 2.47. The average Bonchev–Trinajstić information content (AvgIpc) is 1.56. The van der Waals surface area contributed by atoms with Crippen molar-refractivity contribution in [1.82, 2.24) is 57.3 Å². The van der Waals surface area contributed by atoms with Crippen molar-refractivity contribution in [2.24, 2.45) is 0 Å². The lowest BCUT2D eigenvalue weighted by Gasteiger charge is -2.14. The van der Waals surface area contributed by atoms with Crippen LogP contribution >= 0.6 is 0 Å². The molecule has 29 aromatic rings. The van der Waals surface area contributed by atoms with Gasteiger partial charge < -0.3 is 22.8 Å². The normalized spacial score (nSPS) is 11.7. The standard InChI is InChI=1S/C46H30N4.C44H28N4.C38H24N4/c1-4-14-31(15-5-1)40-29-41(32-16-6-2-7-17-32)48-46(47-40)33-24-26-35(27-25-33)50-43-23-13-11-21-37(43)39-28-38-36-20-10-12-22-42(36)49(44(38)30-45(39)50)34-18-8-3-9-19-34;1-3-13-29(14-4-1)43-44(46-38-20-10-9-19-37(38)45-43)30-23-25-32(26-24-30)48-40-22-12-8-18-34(40)36-27-35-33-17-7-11-21-39(33)47(41(35)28-42(36)48)31-15-5-2-6-16-31;1-3-13-25(14-4-1)37-38(40-32-20-10-9-19-31(32)39-37)42-34-22-12-8-18-28(34)30-23-29-27-17-7-11-21-33(27)41(35(29)24-36(30)42)26-15-5-2-6-16-26/h1-30H;1-28H;1-24H. The number of benzene rings is 20. The zero-order valence-electron chi connectivity index (χ0n) is 75.7. The first-order valence-electron chi connectivity index (χ1n) is 47.4. The van der Waals surface area contributed by atoms with Gasteiger partial charge in [0.25, 0.3) is 0 Å². The molecule has 0 aliphatic carbocycles. The molecule has 12 nitrogen and oxygen atoms in total. The predicted molar refractivity (Wildman–Crippen MR) is 580 cm³/mol. The molecule has 0 aliphatic heterocycles. The van der Waals surface area contributed by atoms with Crippen LogP contribution < -0.4 is 0 Å². The Balaban J connectivity index is 0.000000106. The van der Waals surface area contributed by atoms with Crippen LogP contribution in [0.2, 0.25) is 0 Å². The van der Waals surface area contributed by atoms with Crippen LogP contribution in [0.15, 0.2) is 497 Å². The van der Waals surface area contributed by atoms with E-state index < -0.39 is 0 Å². The lowest BCUT2D eigenvalue weighted by atomic mass is 10.0. The van der Waals surface area contributed by atoms with Crippen molar-refractivity contribution >= 4 is 153 Å². The summed E-state index contributed by atoms with van der Waals surface area (Å²) in [6, 6.07) is 175. The second-order valence-electron chi connectivity index (χ2n) is 35.6. The van der Waals surface area contributed by atoms with Crippen molar-refractivity contribution in [3.8, 4) is 102 Å². The van der Waals surface area contributed by atoms with Crippen molar-refractivity contribution in [2.45, 2.75) is 0 Å². The molecule has 0 fully saturated rings. The van der Waals surface area contributed by atoms with E-state index in [2.05, 4.69) is 428 Å². The molecule has 29 rings (SSSR count). The molecular weight excluding hydrogens is 1710 g/mol. The van der Waals surface area contributed by atoms with E-state index in [4.69, 9.17) is 29.9 Å². The maximum absolute atomic E-state index is 5.29. The van der Waals surface area contributed by atoms with Crippen LogP contribution in [0.1, 0.15) is 0 Å². The Bertz CT molecular complexity index is 9840. The van der Waals surface area contributed by atoms with Crippen molar-refractivity contribution in [2.75, 3.05) is 0 Å². The minimum Gasteiger partial charge on any atom is -0.309 e. The Morgan fingerprint density at radius 3 is 0.664 bits per heavy atom. The maximum atomic E-state index is 5.29. The lowest BCUT2D eigenvalue weighted by Crippen LogP contribution is -2.03. The average molecular weight is 1790 g/mol. The van der Waals surface area contributed by atoms with Crippen molar-refractivity contribution < 1.29 is 0 Å². The van der Waals surface area contributed by atoms with Gasteiger partial charge in [-0.3, -0.25) is 4.57 Å². The van der Waals surface area contributed by atoms with E-state index in [1.54, 1.807) is 0 Å². The zero-order chi connectivity index (χ0) is 92.2. The first kappa shape index (κ1) is 80.6. The number of hydrogen-bond acceptors (Lipinski definition) is 6. The van der Waals surface area contributed by atoms with Gasteiger partial charge in [0.1, 0.15) is 5.69 Å². The van der Waals surface area contributed by atoms with Gasteiger partial charge in [0.2, 0.25) is 0 Å². The Kier molecular flexibility index (Phi) is 19.3. The molecule has 654 valence electrons. The van der Waals surface area contributed by atoms with Crippen LogP contribution in [-0.2, 0) is 0 Å². The summed E-state index contributed by atoms with van der Waals surface area (Å²) in [6.45, 7) is 0. The molecule has 0 radical (unpaired) electrons. The Labute approximate surface area is 804 Å². The Morgan fingerprint density at radius 1 is 0.129 bits per heavy atom. The van der Waals surface area contributed by atoms with Gasteiger partial charge in [-0.1, -0.05) is 322 Å². The highest BCUT2D eigenvalue weighted by atomic mass is 15.1. The number of para-hydroxylation sites is 13. The van der Waals surface area contributed by atoms with Crippen molar-refractivity contribution in [3.63, 3.8) is 0 Å². The fourth-order valence-electron chi connectivity index (χ4n) is 21.2. The van der Waals surface area contributed by atoms with Gasteiger partial charge in [0, 0.05) is 126 Å². The topological polar surface area (TPSA) is 107 Å². The molecular formula is C128H82N12. The van der Waals surface area contributed by atoms with Gasteiger partial charge in [0.15, 0.2) is 11.6 Å². The molecule has 0 spiro atoms. The molecule has 0 aliphatic rings. The van der Waals surface area contributed by atoms with E-state index in [0.29, 0.717) is 5.82 Å². The quantitative estimate of drug-likeness (QED) is 0.121. The van der Waals surface area contributed by atoms with Gasteiger partial charge in [-0.2, -0.15) is 0 Å². The van der Waals surface area contributed by atoms with Gasteiger partial charge in [-0.05, 0) is 176 Å². The summed E-state index contributed by atoms with van der Waals surface area (Å²) in [6.07, 6.45) is 0. The molecule has 12 heteroatoms. The summed E-state index contributed by atoms with van der Waals surface area (Å²) in [5, 5.41) is 14.8. The summed E-state index contributed by atoms with van der Waals surface area (Å²) in [4.78, 5) is 30.8. The second-order valence-corrected chi connectivity index (χ2v) is 35.6. The lowest BCUT2D eigenvalue weighted by molar-refractivity contribution is 1.08. The van der Waals surface area contributed by atoms with E-state index in [9.17, 15) is 0 Å². The third kappa shape index (κ3) is 13.6. The highest BCUT2D eigenvalue weighted by Gasteiger charge is 2.27. The SMILES string of the molecule is c1ccc(-c2cc(-c3ccccc3)nc(-c3ccc(-n4c5ccccc5c5cc6c7ccccc7n(-c7ccccc7)c6cc54)cc3)n2)cc1.c1ccc(-c2nc3ccccc3nc2-c2ccc(-n3c4ccccc4c4cc5c6ccccc6n(-c6ccccc6)c5cc43)cc2)cc1.c1ccc(-c2nc3ccccc3nc2-n2c3ccccc3c3cc4c5ccccc5n(-c5ccccc5)c4cc32)cc1. The molecule has 140 heavy (non-hydrogen) atoms. The molecule has 0 atom stereocenters. The third-order valence-corrected chi connectivity index (χ3v) is 27.5. The number of nitrogens with zero attached hydrogens (tertiary/aromatic N) is 12. The molecule has 9 aromatic heterocycles. The molecule has 0 amide bonds. The van der Waals surface area contributed by atoms with Gasteiger partial charge in [-0.15, -0.1) is 0 Å². The summed E-state index contributed by atoms with van der Waals surface area (Å²) < 4.78 is 14.2. The molecule has 0 bridgehead atoms. The summed E-state index contributed by atoms with van der Waals surface area (Å²) in [5.74, 6) is 1.53. The first-order chi connectivity index (χ1) is 69.5. The molecule has 0 saturated heterocycles. The summed E-state index contributed by atoms with van der Waals surface area (Å²) >= 11 is 0. The van der Waals surface area contributed by atoms with Crippen LogP contribution in [-0.4, -0.2) is 57.3 Å². The number of fused-ring (bicyclic) bond motifs is 20. The maximum Gasteiger partial charge on any atom is 0.165 e. The number of aromatic nitrogens is 12. The van der Waals surface area contributed by atoms with E-state index >= 15 is 0 Å². The molecule has 20 aromatic carbocycles. The van der Waals surface area contributed by atoms with E-state index in [1.165, 1.54) is 114 Å². The molecule has 0 N–H and O–H groups in total. The second kappa shape index (κ2) is 33.5. The fourth-order valence-corrected chi connectivity index (χ4v) is 21.2. The monoisotopic (exact) mass is 1790 g/mol. The number of hydrogen-bond donors (Lipinski definition) is 0. The molecule has 0 unspecified atom stereocenters.